The predicted molar refractivity (Wildman–Crippen MR) is 91.4 cm³/mol. The minimum absolute atomic E-state index is 0.107. The van der Waals surface area contributed by atoms with Gasteiger partial charge in [-0.2, -0.15) is 5.10 Å². The smallest absolute Gasteiger partial charge is 0.200 e. The van der Waals surface area contributed by atoms with Crippen LogP contribution in [-0.4, -0.2) is 14.9 Å². The van der Waals surface area contributed by atoms with Gasteiger partial charge in [0.05, 0.1) is 22.8 Å². The van der Waals surface area contributed by atoms with Crippen molar-refractivity contribution in [3.63, 3.8) is 0 Å². The van der Waals surface area contributed by atoms with Crippen molar-refractivity contribution < 1.29 is 9.52 Å². The molecule has 0 amide bonds. The molecular weight excluding hydrogens is 304 g/mol. The molecule has 0 unspecified atom stereocenters. The third-order valence-corrected chi connectivity index (χ3v) is 4.08. The van der Waals surface area contributed by atoms with Gasteiger partial charge in [0.2, 0.25) is 5.43 Å². The van der Waals surface area contributed by atoms with Crippen LogP contribution in [0.4, 0.5) is 0 Å². The zero-order chi connectivity index (χ0) is 16.7. The van der Waals surface area contributed by atoms with E-state index in [4.69, 9.17) is 4.42 Å². The number of hydrogen-bond acceptors (Lipinski definition) is 4. The fourth-order valence-corrected chi connectivity index (χ4v) is 2.71. The first-order chi connectivity index (χ1) is 11.6. The first-order valence-electron chi connectivity index (χ1n) is 7.49. The molecule has 0 bridgehead atoms. The average Bonchev–Trinajstić information content (AvgIpc) is 3.09. The molecule has 0 saturated carbocycles. The lowest BCUT2D eigenvalue weighted by atomic mass is 10.1. The van der Waals surface area contributed by atoms with Gasteiger partial charge in [0.15, 0.2) is 0 Å². The van der Waals surface area contributed by atoms with Crippen LogP contribution in [0.15, 0.2) is 70.3 Å². The van der Waals surface area contributed by atoms with Gasteiger partial charge in [0, 0.05) is 17.3 Å². The summed E-state index contributed by atoms with van der Waals surface area (Å²) in [5.41, 5.74) is 2.84. The van der Waals surface area contributed by atoms with E-state index < -0.39 is 0 Å². The Balaban J connectivity index is 1.86. The quantitative estimate of drug-likeness (QED) is 0.612. The maximum Gasteiger partial charge on any atom is 0.200 e. The Labute approximate surface area is 137 Å². The molecule has 2 aromatic heterocycles. The molecule has 0 atom stereocenters. The van der Waals surface area contributed by atoms with E-state index in [9.17, 15) is 9.90 Å². The van der Waals surface area contributed by atoms with E-state index in [1.165, 1.54) is 12.3 Å². The van der Waals surface area contributed by atoms with Crippen molar-refractivity contribution in [1.29, 1.82) is 0 Å². The first-order valence-corrected chi connectivity index (χ1v) is 7.49. The molecule has 0 spiro atoms. The minimum atomic E-state index is -0.146. The molecule has 0 radical (unpaired) electrons. The van der Waals surface area contributed by atoms with E-state index >= 15 is 0 Å². The Kier molecular flexibility index (Phi) is 3.20. The highest BCUT2D eigenvalue weighted by molar-refractivity contribution is 5.85. The van der Waals surface area contributed by atoms with Crippen LogP contribution >= 0.6 is 0 Å². The summed E-state index contributed by atoms with van der Waals surface area (Å²) >= 11 is 0. The van der Waals surface area contributed by atoms with Gasteiger partial charge in [-0.05, 0) is 31.2 Å². The first kappa shape index (κ1) is 14.3. The highest BCUT2D eigenvalue weighted by Crippen LogP contribution is 2.27. The monoisotopic (exact) mass is 318 g/mol. The van der Waals surface area contributed by atoms with E-state index in [0.717, 1.165) is 5.69 Å². The number of phenols is 1. The molecule has 0 fully saturated rings. The van der Waals surface area contributed by atoms with E-state index in [1.807, 2.05) is 30.3 Å². The Morgan fingerprint density at radius 3 is 2.71 bits per heavy atom. The van der Waals surface area contributed by atoms with Crippen molar-refractivity contribution in [1.82, 2.24) is 9.78 Å². The Morgan fingerprint density at radius 2 is 1.92 bits per heavy atom. The fourth-order valence-electron chi connectivity index (χ4n) is 2.71. The number of aromatic hydroxyl groups is 1. The normalized spacial score (nSPS) is 11.0. The van der Waals surface area contributed by atoms with Crippen LogP contribution in [0.5, 0.6) is 5.75 Å². The van der Waals surface area contributed by atoms with Gasteiger partial charge in [-0.1, -0.05) is 18.2 Å². The van der Waals surface area contributed by atoms with E-state index in [1.54, 1.807) is 30.1 Å². The van der Waals surface area contributed by atoms with Crippen LogP contribution in [0, 0.1) is 6.92 Å². The lowest BCUT2D eigenvalue weighted by Gasteiger charge is -2.04. The van der Waals surface area contributed by atoms with Crippen LogP contribution in [0.3, 0.4) is 0 Å². The second kappa shape index (κ2) is 5.38. The van der Waals surface area contributed by atoms with Gasteiger partial charge in [0.25, 0.3) is 0 Å². The molecule has 1 N–H and O–H groups in total. The summed E-state index contributed by atoms with van der Waals surface area (Å²) in [6.07, 6.45) is 4.85. The molecule has 118 valence electrons. The Morgan fingerprint density at radius 1 is 1.12 bits per heavy atom. The largest absolute Gasteiger partial charge is 0.508 e. The summed E-state index contributed by atoms with van der Waals surface area (Å²) in [5, 5.41) is 14.5. The summed E-state index contributed by atoms with van der Waals surface area (Å²) in [7, 11) is 0. The average molecular weight is 318 g/mol. The zero-order valence-electron chi connectivity index (χ0n) is 12.9. The molecule has 2 aromatic carbocycles. The third kappa shape index (κ3) is 2.18. The van der Waals surface area contributed by atoms with Gasteiger partial charge in [-0.15, -0.1) is 0 Å². The molecule has 4 rings (SSSR count). The second-order valence-corrected chi connectivity index (χ2v) is 5.57. The maximum absolute atomic E-state index is 12.8. The van der Waals surface area contributed by atoms with Crippen molar-refractivity contribution in [3.8, 4) is 22.6 Å². The van der Waals surface area contributed by atoms with E-state index in [2.05, 4.69) is 5.10 Å². The standard InChI is InChI=1S/C19H14N2O3/c1-12-17(22)8-7-15-18(23)16(11-24-19(12)15)13-9-20-21(10-13)14-5-3-2-4-6-14/h2-11,22H,1H3. The summed E-state index contributed by atoms with van der Waals surface area (Å²) in [6.45, 7) is 1.72. The lowest BCUT2D eigenvalue weighted by molar-refractivity contribution is 0.469. The second-order valence-electron chi connectivity index (χ2n) is 5.57. The highest BCUT2D eigenvalue weighted by Gasteiger charge is 2.14. The molecule has 5 heteroatoms. The number of rotatable bonds is 2. The van der Waals surface area contributed by atoms with Crippen LogP contribution in [-0.2, 0) is 0 Å². The molecule has 24 heavy (non-hydrogen) atoms. The van der Waals surface area contributed by atoms with Crippen molar-refractivity contribution in [3.05, 3.63) is 76.9 Å². The van der Waals surface area contributed by atoms with Gasteiger partial charge in [-0.25, -0.2) is 4.68 Å². The minimum Gasteiger partial charge on any atom is -0.508 e. The van der Waals surface area contributed by atoms with Crippen LogP contribution in [0.1, 0.15) is 5.56 Å². The maximum atomic E-state index is 12.8. The number of aromatic nitrogens is 2. The molecule has 5 nitrogen and oxygen atoms in total. The number of hydrogen-bond donors (Lipinski definition) is 1. The topological polar surface area (TPSA) is 68.3 Å². The summed E-state index contributed by atoms with van der Waals surface area (Å²) < 4.78 is 7.32. The lowest BCUT2D eigenvalue weighted by Crippen LogP contribution is -2.05. The molecule has 0 aliphatic rings. The van der Waals surface area contributed by atoms with Gasteiger partial charge in [0.1, 0.15) is 17.6 Å². The summed E-state index contributed by atoms with van der Waals surface area (Å²) in [4.78, 5) is 12.8. The Hall–Kier alpha value is -3.34. The van der Waals surface area contributed by atoms with Crippen molar-refractivity contribution in [2.45, 2.75) is 6.92 Å². The Bertz CT molecular complexity index is 1090. The van der Waals surface area contributed by atoms with E-state index in [-0.39, 0.29) is 11.2 Å². The number of nitrogens with zero attached hydrogens (tertiary/aromatic N) is 2. The van der Waals surface area contributed by atoms with Crippen molar-refractivity contribution in [2.24, 2.45) is 0 Å². The van der Waals surface area contributed by atoms with Crippen LogP contribution in [0.25, 0.3) is 27.8 Å². The van der Waals surface area contributed by atoms with E-state index in [0.29, 0.717) is 27.7 Å². The fraction of sp³-hybridized carbons (Fsp3) is 0.0526. The zero-order valence-corrected chi connectivity index (χ0v) is 12.9. The van der Waals surface area contributed by atoms with Crippen molar-refractivity contribution >= 4 is 11.0 Å². The predicted octanol–water partition coefficient (Wildman–Crippen LogP) is 3.66. The summed E-state index contributed by atoms with van der Waals surface area (Å²) in [5.74, 6) is 0.107. The highest BCUT2D eigenvalue weighted by atomic mass is 16.3. The molecule has 0 aliphatic carbocycles. The van der Waals surface area contributed by atoms with Crippen molar-refractivity contribution in [2.75, 3.05) is 0 Å². The molecule has 2 heterocycles. The third-order valence-electron chi connectivity index (χ3n) is 4.08. The summed E-state index contributed by atoms with van der Waals surface area (Å²) in [6, 6.07) is 12.7. The SMILES string of the molecule is Cc1c(O)ccc2c(=O)c(-c3cnn(-c4ccccc4)c3)coc12. The molecule has 0 aliphatic heterocycles. The van der Waals surface area contributed by atoms with Gasteiger partial charge >= 0.3 is 0 Å². The number of para-hydroxylation sites is 1. The number of benzene rings is 2. The number of fused-ring (bicyclic) bond motifs is 1. The van der Waals surface area contributed by atoms with Gasteiger partial charge < -0.3 is 9.52 Å². The van der Waals surface area contributed by atoms with Gasteiger partial charge in [-0.3, -0.25) is 4.79 Å². The number of aryl methyl sites for hydroxylation is 1. The van der Waals surface area contributed by atoms with Crippen LogP contribution in [0.2, 0.25) is 0 Å². The van der Waals surface area contributed by atoms with Crippen LogP contribution < -0.4 is 5.43 Å². The molecular formula is C19H14N2O3. The number of phenolic OH excluding ortho intramolecular Hbond substituents is 1. The molecule has 0 saturated heterocycles. The molecule has 4 aromatic rings.